The van der Waals surface area contributed by atoms with E-state index in [9.17, 15) is 0 Å². The molecule has 2 N–H and O–H groups in total. The molecule has 0 radical (unpaired) electrons. The first-order valence-corrected chi connectivity index (χ1v) is 8.07. The van der Waals surface area contributed by atoms with Gasteiger partial charge in [0.15, 0.2) is 0 Å². The van der Waals surface area contributed by atoms with E-state index in [1.165, 1.54) is 16.7 Å². The summed E-state index contributed by atoms with van der Waals surface area (Å²) in [5.74, 6) is 2.22. The fourth-order valence-corrected chi connectivity index (χ4v) is 2.82. The Morgan fingerprint density at radius 2 is 1.73 bits per heavy atom. The summed E-state index contributed by atoms with van der Waals surface area (Å²) >= 11 is 0. The first kappa shape index (κ1) is 16.6. The highest BCUT2D eigenvalue weighted by atomic mass is 16.5. The molecule has 0 aliphatic rings. The molecular weight excluding hydrogens is 270 g/mol. The summed E-state index contributed by atoms with van der Waals surface area (Å²) in [5, 5.41) is 0. The third kappa shape index (κ3) is 4.35. The van der Waals surface area contributed by atoms with Crippen LogP contribution in [0.2, 0.25) is 0 Å². The molecule has 0 saturated carbocycles. The van der Waals surface area contributed by atoms with Crippen molar-refractivity contribution >= 4 is 0 Å². The van der Waals surface area contributed by atoms with Crippen molar-refractivity contribution in [3.63, 3.8) is 0 Å². The molecule has 22 heavy (non-hydrogen) atoms. The number of nitrogens with two attached hydrogens (primary N) is 1. The van der Waals surface area contributed by atoms with Gasteiger partial charge in [0.25, 0.3) is 0 Å². The molecule has 2 aromatic rings. The molecular formula is C20H27NO. The zero-order chi connectivity index (χ0) is 15.9. The van der Waals surface area contributed by atoms with E-state index < -0.39 is 0 Å². The van der Waals surface area contributed by atoms with Crippen molar-refractivity contribution in [2.24, 2.45) is 17.6 Å². The van der Waals surface area contributed by atoms with Crippen molar-refractivity contribution < 1.29 is 4.74 Å². The number of benzene rings is 2. The molecule has 118 valence electrons. The van der Waals surface area contributed by atoms with Gasteiger partial charge in [0.1, 0.15) is 5.75 Å². The van der Waals surface area contributed by atoms with Crippen LogP contribution in [0.1, 0.15) is 25.8 Å². The lowest BCUT2D eigenvalue weighted by Gasteiger charge is -2.20. The summed E-state index contributed by atoms with van der Waals surface area (Å²) in [6.45, 7) is 5.33. The van der Waals surface area contributed by atoms with Gasteiger partial charge in [-0.3, -0.25) is 0 Å². The molecule has 0 aliphatic carbocycles. The molecule has 2 rings (SSSR count). The van der Waals surface area contributed by atoms with Crippen LogP contribution in [-0.2, 0) is 6.42 Å². The van der Waals surface area contributed by atoms with Crippen molar-refractivity contribution in [1.82, 2.24) is 0 Å². The standard InChI is InChI=1S/C20H27NO/c1-15(2)18(11-12-21)13-16-7-9-17(10-8-16)19-5-4-6-20(14-19)22-3/h4-10,14-15,18H,11-13,21H2,1-3H3. The van der Waals surface area contributed by atoms with Crippen LogP contribution in [-0.4, -0.2) is 13.7 Å². The van der Waals surface area contributed by atoms with Gasteiger partial charge in [-0.1, -0.05) is 50.2 Å². The Balaban J connectivity index is 2.12. The number of rotatable bonds is 7. The van der Waals surface area contributed by atoms with Gasteiger partial charge in [0.2, 0.25) is 0 Å². The first-order chi connectivity index (χ1) is 10.6. The average molecular weight is 297 g/mol. The lowest BCUT2D eigenvalue weighted by atomic mass is 9.86. The van der Waals surface area contributed by atoms with Crippen LogP contribution in [0.5, 0.6) is 5.75 Å². The van der Waals surface area contributed by atoms with E-state index in [1.807, 2.05) is 12.1 Å². The van der Waals surface area contributed by atoms with Crippen LogP contribution in [0.4, 0.5) is 0 Å². The molecule has 2 heteroatoms. The number of hydrogen-bond donors (Lipinski definition) is 1. The Morgan fingerprint density at radius 1 is 1.00 bits per heavy atom. The second-order valence-electron chi connectivity index (χ2n) is 6.21. The molecule has 2 nitrogen and oxygen atoms in total. The molecule has 0 aromatic heterocycles. The van der Waals surface area contributed by atoms with Crippen LogP contribution in [0.15, 0.2) is 48.5 Å². The largest absolute Gasteiger partial charge is 0.497 e. The van der Waals surface area contributed by atoms with Crippen LogP contribution >= 0.6 is 0 Å². The predicted molar refractivity (Wildman–Crippen MR) is 94.1 cm³/mol. The Kier molecular flexibility index (Phi) is 6.02. The maximum Gasteiger partial charge on any atom is 0.119 e. The fourth-order valence-electron chi connectivity index (χ4n) is 2.82. The lowest BCUT2D eigenvalue weighted by molar-refractivity contribution is 0.362. The van der Waals surface area contributed by atoms with Crippen LogP contribution < -0.4 is 10.5 Å². The van der Waals surface area contributed by atoms with Gasteiger partial charge < -0.3 is 10.5 Å². The summed E-state index contributed by atoms with van der Waals surface area (Å²) in [4.78, 5) is 0. The van der Waals surface area contributed by atoms with E-state index in [4.69, 9.17) is 10.5 Å². The summed E-state index contributed by atoms with van der Waals surface area (Å²) in [6, 6.07) is 17.1. The van der Waals surface area contributed by atoms with Crippen molar-refractivity contribution in [3.8, 4) is 16.9 Å². The number of ether oxygens (including phenoxy) is 1. The third-order valence-electron chi connectivity index (χ3n) is 4.34. The second-order valence-corrected chi connectivity index (χ2v) is 6.21. The van der Waals surface area contributed by atoms with E-state index in [1.54, 1.807) is 7.11 Å². The van der Waals surface area contributed by atoms with Crippen LogP contribution in [0.3, 0.4) is 0 Å². The topological polar surface area (TPSA) is 35.2 Å². The van der Waals surface area contributed by atoms with Crippen LogP contribution in [0.25, 0.3) is 11.1 Å². The smallest absolute Gasteiger partial charge is 0.119 e. The van der Waals surface area contributed by atoms with Crippen LogP contribution in [0, 0.1) is 11.8 Å². The summed E-state index contributed by atoms with van der Waals surface area (Å²) in [6.07, 6.45) is 2.20. The SMILES string of the molecule is COc1cccc(-c2ccc(CC(CCN)C(C)C)cc2)c1. The van der Waals surface area contributed by atoms with E-state index in [2.05, 4.69) is 50.2 Å². The Bertz CT molecular complexity index is 575. The molecule has 1 unspecified atom stereocenters. The maximum absolute atomic E-state index is 5.74. The third-order valence-corrected chi connectivity index (χ3v) is 4.34. The minimum atomic E-state index is 0.660. The normalized spacial score (nSPS) is 12.4. The predicted octanol–water partition coefficient (Wildman–Crippen LogP) is 4.53. The molecule has 0 spiro atoms. The first-order valence-electron chi connectivity index (χ1n) is 8.07. The molecule has 0 aliphatic heterocycles. The zero-order valence-electron chi connectivity index (χ0n) is 13.9. The van der Waals surface area contributed by atoms with Crippen molar-refractivity contribution in [1.29, 1.82) is 0 Å². The Labute approximate surface area is 134 Å². The molecule has 2 aromatic carbocycles. The van der Waals surface area contributed by atoms with Gasteiger partial charge in [0, 0.05) is 0 Å². The minimum absolute atomic E-state index is 0.660. The Morgan fingerprint density at radius 3 is 2.32 bits per heavy atom. The second kappa shape index (κ2) is 8.00. The van der Waals surface area contributed by atoms with Gasteiger partial charge in [-0.05, 0) is 60.0 Å². The monoisotopic (exact) mass is 297 g/mol. The van der Waals surface area contributed by atoms with E-state index >= 15 is 0 Å². The molecule has 1 atom stereocenters. The number of hydrogen-bond acceptors (Lipinski definition) is 2. The Hall–Kier alpha value is -1.80. The maximum atomic E-state index is 5.74. The fraction of sp³-hybridized carbons (Fsp3) is 0.400. The van der Waals surface area contributed by atoms with Gasteiger partial charge in [-0.15, -0.1) is 0 Å². The lowest BCUT2D eigenvalue weighted by Crippen LogP contribution is -2.16. The highest BCUT2D eigenvalue weighted by molar-refractivity contribution is 5.65. The molecule has 0 amide bonds. The highest BCUT2D eigenvalue weighted by Gasteiger charge is 2.13. The highest BCUT2D eigenvalue weighted by Crippen LogP contribution is 2.26. The summed E-state index contributed by atoms with van der Waals surface area (Å²) in [5.41, 5.74) is 9.54. The van der Waals surface area contributed by atoms with Crippen molar-refractivity contribution in [3.05, 3.63) is 54.1 Å². The van der Waals surface area contributed by atoms with Crippen molar-refractivity contribution in [2.45, 2.75) is 26.7 Å². The van der Waals surface area contributed by atoms with Gasteiger partial charge in [-0.25, -0.2) is 0 Å². The van der Waals surface area contributed by atoms with E-state index in [0.717, 1.165) is 25.1 Å². The minimum Gasteiger partial charge on any atom is -0.497 e. The summed E-state index contributed by atoms with van der Waals surface area (Å²) < 4.78 is 5.29. The van der Waals surface area contributed by atoms with Gasteiger partial charge in [-0.2, -0.15) is 0 Å². The van der Waals surface area contributed by atoms with E-state index in [0.29, 0.717) is 11.8 Å². The average Bonchev–Trinajstić information content (AvgIpc) is 2.55. The molecule has 0 bridgehead atoms. The molecule has 0 fully saturated rings. The van der Waals surface area contributed by atoms with Crippen molar-refractivity contribution in [2.75, 3.05) is 13.7 Å². The zero-order valence-corrected chi connectivity index (χ0v) is 13.9. The quantitative estimate of drug-likeness (QED) is 0.815. The number of methoxy groups -OCH3 is 1. The molecule has 0 saturated heterocycles. The van der Waals surface area contributed by atoms with Gasteiger partial charge >= 0.3 is 0 Å². The summed E-state index contributed by atoms with van der Waals surface area (Å²) in [7, 11) is 1.70. The van der Waals surface area contributed by atoms with Gasteiger partial charge in [0.05, 0.1) is 7.11 Å². The van der Waals surface area contributed by atoms with E-state index in [-0.39, 0.29) is 0 Å². The molecule has 0 heterocycles.